The lowest BCUT2D eigenvalue weighted by molar-refractivity contribution is -0.143. The molecule has 7 heteroatoms. The van der Waals surface area contributed by atoms with Gasteiger partial charge in [0, 0.05) is 37.8 Å². The molecule has 29 heavy (non-hydrogen) atoms. The first-order valence-corrected chi connectivity index (χ1v) is 10.0. The Hall–Kier alpha value is -3.09. The van der Waals surface area contributed by atoms with Crippen molar-refractivity contribution in [1.82, 2.24) is 15.2 Å². The lowest BCUT2D eigenvalue weighted by Gasteiger charge is -2.40. The lowest BCUT2D eigenvalue weighted by Crippen LogP contribution is -2.48. The maximum Gasteiger partial charge on any atom is 0.225 e. The number of rotatable bonds is 8. The summed E-state index contributed by atoms with van der Waals surface area (Å²) in [5.74, 6) is 1.17. The molecule has 2 aromatic rings. The molecule has 2 amide bonds. The first-order chi connectivity index (χ1) is 14.2. The van der Waals surface area contributed by atoms with Crippen molar-refractivity contribution in [3.8, 4) is 5.75 Å². The molecule has 0 bridgehead atoms. The number of methoxy groups -OCH3 is 1. The van der Waals surface area contributed by atoms with E-state index in [0.717, 1.165) is 11.4 Å². The number of anilines is 1. The Labute approximate surface area is 171 Å². The molecule has 1 aliphatic heterocycles. The second kappa shape index (κ2) is 9.91. The molecule has 1 fully saturated rings. The molecule has 1 saturated heterocycles. The van der Waals surface area contributed by atoms with Gasteiger partial charge in [-0.1, -0.05) is 24.3 Å². The monoisotopic (exact) mass is 396 g/mol. The van der Waals surface area contributed by atoms with Crippen LogP contribution in [0.15, 0.2) is 48.7 Å². The van der Waals surface area contributed by atoms with Gasteiger partial charge < -0.3 is 20.3 Å². The van der Waals surface area contributed by atoms with Crippen molar-refractivity contribution < 1.29 is 14.3 Å². The third-order valence-corrected chi connectivity index (χ3v) is 5.24. The fourth-order valence-electron chi connectivity index (χ4n) is 3.87. The fraction of sp³-hybridized carbons (Fsp3) is 0.409. The summed E-state index contributed by atoms with van der Waals surface area (Å²) in [5.41, 5.74) is 0.872. The van der Waals surface area contributed by atoms with Gasteiger partial charge in [-0.2, -0.15) is 0 Å². The predicted octanol–water partition coefficient (Wildman–Crippen LogP) is 2.62. The molecule has 3 rings (SSSR count). The Morgan fingerprint density at radius 3 is 2.72 bits per heavy atom. The van der Waals surface area contributed by atoms with Crippen molar-refractivity contribution in [1.29, 1.82) is 0 Å². The largest absolute Gasteiger partial charge is 0.496 e. The Balaban J connectivity index is 1.71. The van der Waals surface area contributed by atoms with E-state index < -0.39 is 0 Å². The second-order valence-corrected chi connectivity index (χ2v) is 6.94. The maximum absolute atomic E-state index is 13.0. The van der Waals surface area contributed by atoms with Gasteiger partial charge in [0.05, 0.1) is 19.1 Å². The highest BCUT2D eigenvalue weighted by atomic mass is 16.5. The average Bonchev–Trinajstić information content (AvgIpc) is 2.77. The number of likely N-dealkylation sites (tertiary alicyclic amines) is 1. The van der Waals surface area contributed by atoms with E-state index in [1.807, 2.05) is 49.4 Å². The van der Waals surface area contributed by atoms with Crippen LogP contribution in [0.25, 0.3) is 0 Å². The van der Waals surface area contributed by atoms with E-state index in [2.05, 4.69) is 15.6 Å². The normalized spacial score (nSPS) is 19.0. The molecule has 0 unspecified atom stereocenters. The van der Waals surface area contributed by atoms with E-state index in [0.29, 0.717) is 38.2 Å². The van der Waals surface area contributed by atoms with Crippen LogP contribution in [0, 0.1) is 5.92 Å². The molecule has 2 N–H and O–H groups in total. The standard InChI is InChI=1S/C22H28N4O3/c1-3-26-20(27)12-11-17(21(26)16-8-4-5-9-18(16)29-2)22(28)25-15-14-24-19-10-6-7-13-23-19/h4-10,13,17,21H,3,11-12,14-15H2,1-2H3,(H,23,24)(H,25,28)/t17-,21+/m1/s1. The fourth-order valence-corrected chi connectivity index (χ4v) is 3.87. The Kier molecular flexibility index (Phi) is 7.05. The van der Waals surface area contributed by atoms with E-state index in [4.69, 9.17) is 4.74 Å². The predicted molar refractivity (Wildman–Crippen MR) is 112 cm³/mol. The van der Waals surface area contributed by atoms with Crippen LogP contribution in [0.5, 0.6) is 5.75 Å². The number of pyridine rings is 1. The number of hydrogen-bond donors (Lipinski definition) is 2. The summed E-state index contributed by atoms with van der Waals surface area (Å²) < 4.78 is 5.52. The number of aromatic nitrogens is 1. The van der Waals surface area contributed by atoms with Gasteiger partial charge in [0.2, 0.25) is 11.8 Å². The van der Waals surface area contributed by atoms with Crippen molar-refractivity contribution in [3.05, 3.63) is 54.2 Å². The van der Waals surface area contributed by atoms with Gasteiger partial charge in [0.25, 0.3) is 0 Å². The number of nitrogens with zero attached hydrogens (tertiary/aromatic N) is 2. The highest BCUT2D eigenvalue weighted by molar-refractivity contribution is 5.85. The molecule has 1 aliphatic rings. The van der Waals surface area contributed by atoms with Crippen LogP contribution in [0.2, 0.25) is 0 Å². The Morgan fingerprint density at radius 2 is 2.00 bits per heavy atom. The molecule has 2 atom stereocenters. The summed E-state index contributed by atoms with van der Waals surface area (Å²) in [7, 11) is 1.61. The number of benzene rings is 1. The number of hydrogen-bond acceptors (Lipinski definition) is 5. The van der Waals surface area contributed by atoms with Gasteiger partial charge in [-0.25, -0.2) is 4.98 Å². The summed E-state index contributed by atoms with van der Waals surface area (Å²) >= 11 is 0. The van der Waals surface area contributed by atoms with Crippen molar-refractivity contribution in [2.24, 2.45) is 5.92 Å². The highest BCUT2D eigenvalue weighted by Gasteiger charge is 2.40. The minimum atomic E-state index is -0.332. The van der Waals surface area contributed by atoms with Crippen molar-refractivity contribution in [2.45, 2.75) is 25.8 Å². The molecule has 154 valence electrons. The first-order valence-electron chi connectivity index (χ1n) is 10.0. The van der Waals surface area contributed by atoms with Crippen molar-refractivity contribution in [3.63, 3.8) is 0 Å². The zero-order valence-corrected chi connectivity index (χ0v) is 16.9. The molecule has 1 aromatic carbocycles. The van der Waals surface area contributed by atoms with Gasteiger partial charge in [-0.15, -0.1) is 0 Å². The van der Waals surface area contributed by atoms with E-state index >= 15 is 0 Å². The Bertz CT molecular complexity index is 828. The molecule has 1 aromatic heterocycles. The molecule has 0 spiro atoms. The number of amides is 2. The van der Waals surface area contributed by atoms with Crippen LogP contribution >= 0.6 is 0 Å². The van der Waals surface area contributed by atoms with Crippen LogP contribution in [-0.4, -0.2) is 48.4 Å². The number of nitrogens with one attached hydrogen (secondary N) is 2. The van der Waals surface area contributed by atoms with Crippen molar-refractivity contribution >= 4 is 17.6 Å². The Morgan fingerprint density at radius 1 is 1.21 bits per heavy atom. The van der Waals surface area contributed by atoms with Crippen molar-refractivity contribution in [2.75, 3.05) is 32.1 Å². The van der Waals surface area contributed by atoms with Gasteiger partial charge in [-0.05, 0) is 31.5 Å². The topological polar surface area (TPSA) is 83.6 Å². The van der Waals surface area contributed by atoms with Crippen LogP contribution < -0.4 is 15.4 Å². The average molecular weight is 396 g/mol. The molecular formula is C22H28N4O3. The third-order valence-electron chi connectivity index (χ3n) is 5.24. The summed E-state index contributed by atoms with van der Waals surface area (Å²) in [6, 6.07) is 12.9. The number of ether oxygens (including phenoxy) is 1. The van der Waals surface area contributed by atoms with Gasteiger partial charge in [0.1, 0.15) is 11.6 Å². The zero-order valence-electron chi connectivity index (χ0n) is 16.9. The summed E-state index contributed by atoms with van der Waals surface area (Å²) in [5, 5.41) is 6.19. The zero-order chi connectivity index (χ0) is 20.6. The van der Waals surface area contributed by atoms with Crippen LogP contribution in [-0.2, 0) is 9.59 Å². The quantitative estimate of drug-likeness (QED) is 0.670. The lowest BCUT2D eigenvalue weighted by atomic mass is 9.83. The van der Waals surface area contributed by atoms with E-state index in [-0.39, 0.29) is 23.8 Å². The number of carbonyl (C=O) groups excluding carboxylic acids is 2. The second-order valence-electron chi connectivity index (χ2n) is 6.94. The number of piperidine rings is 1. The summed E-state index contributed by atoms with van der Waals surface area (Å²) in [6.07, 6.45) is 2.62. The van der Waals surface area contributed by atoms with Crippen LogP contribution in [0.3, 0.4) is 0 Å². The molecular weight excluding hydrogens is 368 g/mol. The minimum absolute atomic E-state index is 0.0466. The van der Waals surface area contributed by atoms with E-state index in [1.54, 1.807) is 18.2 Å². The molecule has 0 aliphatic carbocycles. The van der Waals surface area contributed by atoms with Crippen LogP contribution in [0.4, 0.5) is 5.82 Å². The van der Waals surface area contributed by atoms with Crippen LogP contribution in [0.1, 0.15) is 31.4 Å². The van der Waals surface area contributed by atoms with E-state index in [9.17, 15) is 9.59 Å². The summed E-state index contributed by atoms with van der Waals surface area (Å²) in [4.78, 5) is 31.6. The summed E-state index contributed by atoms with van der Waals surface area (Å²) in [6.45, 7) is 3.54. The first kappa shape index (κ1) is 20.6. The molecule has 0 saturated carbocycles. The van der Waals surface area contributed by atoms with Gasteiger partial charge in [0.15, 0.2) is 0 Å². The third kappa shape index (κ3) is 4.85. The maximum atomic E-state index is 13.0. The smallest absolute Gasteiger partial charge is 0.225 e. The van der Waals surface area contributed by atoms with Gasteiger partial charge in [-0.3, -0.25) is 9.59 Å². The van der Waals surface area contributed by atoms with Gasteiger partial charge >= 0.3 is 0 Å². The minimum Gasteiger partial charge on any atom is -0.496 e. The molecule has 2 heterocycles. The molecule has 7 nitrogen and oxygen atoms in total. The van der Waals surface area contributed by atoms with E-state index in [1.165, 1.54) is 0 Å². The highest BCUT2D eigenvalue weighted by Crippen LogP contribution is 2.40. The number of para-hydroxylation sites is 1. The molecule has 0 radical (unpaired) electrons. The number of carbonyl (C=O) groups is 2. The SMILES string of the molecule is CCN1C(=O)CC[C@@H](C(=O)NCCNc2ccccn2)[C@@H]1c1ccccc1OC.